The molecule has 0 spiro atoms. The molecule has 0 radical (unpaired) electrons. The highest BCUT2D eigenvalue weighted by molar-refractivity contribution is 5.94. The Morgan fingerprint density at radius 2 is 1.84 bits per heavy atom. The third kappa shape index (κ3) is 6.19. The third-order valence-electron chi connectivity index (χ3n) is 4.23. The van der Waals surface area contributed by atoms with Crippen molar-refractivity contribution in [3.8, 4) is 17.1 Å². The van der Waals surface area contributed by atoms with Crippen LogP contribution in [0, 0.1) is 0 Å². The summed E-state index contributed by atoms with van der Waals surface area (Å²) in [5.74, 6) is 0.420. The number of aromatic nitrogens is 4. The fourth-order valence-electron chi connectivity index (χ4n) is 2.72. The van der Waals surface area contributed by atoms with Gasteiger partial charge in [0.05, 0.1) is 18.2 Å². The highest BCUT2D eigenvalue weighted by atomic mass is 16.5. The van der Waals surface area contributed by atoms with Gasteiger partial charge in [-0.05, 0) is 62.4 Å². The number of benzene rings is 2. The minimum Gasteiger partial charge on any atom is -0.491 e. The summed E-state index contributed by atoms with van der Waals surface area (Å²) in [7, 11) is 0. The summed E-state index contributed by atoms with van der Waals surface area (Å²) in [6.45, 7) is 5.16. The third-order valence-corrected chi connectivity index (χ3v) is 4.23. The normalized spacial score (nSPS) is 11.9. The Hall–Kier alpha value is -3.59. The molecule has 0 aliphatic carbocycles. The number of Topliss-reactive ketones (excluding diaryl/α,β-unsaturated/α-hetero) is 1. The van der Waals surface area contributed by atoms with Crippen LogP contribution in [0.15, 0.2) is 48.5 Å². The summed E-state index contributed by atoms with van der Waals surface area (Å²) < 4.78 is 10.7. The van der Waals surface area contributed by atoms with Crippen molar-refractivity contribution in [1.29, 1.82) is 0 Å². The molecule has 1 aromatic heterocycles. The van der Waals surface area contributed by atoms with Crippen molar-refractivity contribution in [2.24, 2.45) is 0 Å². The van der Waals surface area contributed by atoms with E-state index in [2.05, 4.69) is 15.4 Å². The van der Waals surface area contributed by atoms with Crippen molar-refractivity contribution in [3.05, 3.63) is 59.7 Å². The Kier molecular flexibility index (Phi) is 7.09. The van der Waals surface area contributed by atoms with Gasteiger partial charge >= 0.3 is 5.97 Å². The maximum atomic E-state index is 12.1. The average Bonchev–Trinajstić information content (AvgIpc) is 3.20. The highest BCUT2D eigenvalue weighted by Crippen LogP contribution is 2.17. The van der Waals surface area contributed by atoms with Crippen LogP contribution in [0.1, 0.15) is 41.5 Å². The molecule has 0 aliphatic heterocycles. The monoisotopic (exact) mass is 424 g/mol. The number of aliphatic hydroxyl groups is 1. The van der Waals surface area contributed by atoms with Crippen molar-refractivity contribution in [2.45, 2.75) is 39.5 Å². The van der Waals surface area contributed by atoms with Crippen molar-refractivity contribution in [2.75, 3.05) is 6.61 Å². The van der Waals surface area contributed by atoms with E-state index in [0.717, 1.165) is 0 Å². The Labute approximate surface area is 179 Å². The van der Waals surface area contributed by atoms with Crippen LogP contribution in [0.3, 0.4) is 0 Å². The number of hydrogen-bond acceptors (Lipinski definition) is 8. The molecule has 162 valence electrons. The molecule has 0 aliphatic rings. The van der Waals surface area contributed by atoms with Crippen LogP contribution in [0.25, 0.3) is 11.4 Å². The van der Waals surface area contributed by atoms with Crippen LogP contribution in [0.5, 0.6) is 5.75 Å². The van der Waals surface area contributed by atoms with Gasteiger partial charge in [0.15, 0.2) is 5.78 Å². The van der Waals surface area contributed by atoms with Crippen molar-refractivity contribution >= 4 is 11.8 Å². The first-order chi connectivity index (χ1) is 14.8. The summed E-state index contributed by atoms with van der Waals surface area (Å²) in [6.07, 6.45) is -1.09. The van der Waals surface area contributed by atoms with Gasteiger partial charge in [-0.3, -0.25) is 4.79 Å². The Morgan fingerprint density at radius 3 is 2.52 bits per heavy atom. The summed E-state index contributed by atoms with van der Waals surface area (Å²) in [4.78, 5) is 24.6. The second-order valence-corrected chi connectivity index (χ2v) is 7.25. The minimum atomic E-state index is -0.873. The molecule has 0 saturated carbocycles. The molecular weight excluding hydrogens is 400 g/mol. The largest absolute Gasteiger partial charge is 0.491 e. The summed E-state index contributed by atoms with van der Waals surface area (Å²) in [6, 6.07) is 13.4. The van der Waals surface area contributed by atoms with Gasteiger partial charge in [0.1, 0.15) is 18.5 Å². The number of esters is 1. The molecule has 9 heteroatoms. The fourth-order valence-corrected chi connectivity index (χ4v) is 2.72. The van der Waals surface area contributed by atoms with Crippen molar-refractivity contribution < 1.29 is 24.2 Å². The van der Waals surface area contributed by atoms with E-state index in [1.54, 1.807) is 62.4 Å². The fraction of sp³-hybridized carbons (Fsp3) is 0.318. The van der Waals surface area contributed by atoms with Gasteiger partial charge in [-0.15, -0.1) is 10.2 Å². The van der Waals surface area contributed by atoms with Crippen LogP contribution in [-0.2, 0) is 11.3 Å². The molecule has 9 nitrogen and oxygen atoms in total. The number of carbonyl (C=O) groups is 2. The standard InChI is InChI=1S/C22H24N4O5/c1-14(2)31-22(29)18-6-4-5-17(11-18)21-23-25-26(24-21)12-19(28)13-30-20-9-7-16(8-10-20)15(3)27/h4-11,14,19,28H,12-13H2,1-3H3. The Balaban J connectivity index is 1.58. The average molecular weight is 424 g/mol. The quantitative estimate of drug-likeness (QED) is 0.411. The van der Waals surface area contributed by atoms with Crippen LogP contribution in [0.4, 0.5) is 0 Å². The van der Waals surface area contributed by atoms with Gasteiger partial charge < -0.3 is 14.6 Å². The predicted octanol–water partition coefficient (Wildman–Crippen LogP) is 2.55. The lowest BCUT2D eigenvalue weighted by Crippen LogP contribution is -2.25. The predicted molar refractivity (Wildman–Crippen MR) is 112 cm³/mol. The van der Waals surface area contributed by atoms with Crippen LogP contribution in [0.2, 0.25) is 0 Å². The number of rotatable bonds is 9. The molecule has 2 aromatic carbocycles. The topological polar surface area (TPSA) is 116 Å². The molecule has 0 saturated heterocycles. The van der Waals surface area contributed by atoms with Crippen molar-refractivity contribution in [3.63, 3.8) is 0 Å². The first-order valence-electron chi connectivity index (χ1n) is 9.83. The van der Waals surface area contributed by atoms with E-state index >= 15 is 0 Å². The summed E-state index contributed by atoms with van der Waals surface area (Å²) >= 11 is 0. The van der Waals surface area contributed by atoms with E-state index in [-0.39, 0.29) is 25.0 Å². The summed E-state index contributed by atoms with van der Waals surface area (Å²) in [5, 5.41) is 22.4. The molecule has 31 heavy (non-hydrogen) atoms. The van der Waals surface area contributed by atoms with E-state index in [4.69, 9.17) is 9.47 Å². The number of ether oxygens (including phenoxy) is 2. The molecule has 0 bridgehead atoms. The molecule has 1 unspecified atom stereocenters. The second-order valence-electron chi connectivity index (χ2n) is 7.25. The SMILES string of the molecule is CC(=O)c1ccc(OCC(O)Cn2nnc(-c3cccc(C(=O)OC(C)C)c3)n2)cc1. The zero-order chi connectivity index (χ0) is 22.4. The second kappa shape index (κ2) is 9.94. The van der Waals surface area contributed by atoms with E-state index < -0.39 is 12.1 Å². The van der Waals surface area contributed by atoms with Gasteiger partial charge in [0, 0.05) is 11.1 Å². The molecular formula is C22H24N4O5. The van der Waals surface area contributed by atoms with Gasteiger partial charge in [-0.1, -0.05) is 12.1 Å². The van der Waals surface area contributed by atoms with Gasteiger partial charge in [0.25, 0.3) is 0 Å². The zero-order valence-corrected chi connectivity index (χ0v) is 17.6. The smallest absolute Gasteiger partial charge is 0.338 e. The van der Waals surface area contributed by atoms with Crippen molar-refractivity contribution in [1.82, 2.24) is 20.2 Å². The Morgan fingerprint density at radius 1 is 1.10 bits per heavy atom. The molecule has 0 fully saturated rings. The number of aliphatic hydroxyl groups excluding tert-OH is 1. The van der Waals surface area contributed by atoms with E-state index in [0.29, 0.717) is 28.3 Å². The number of ketones is 1. The molecule has 1 N–H and O–H groups in total. The van der Waals surface area contributed by atoms with Crippen LogP contribution in [-0.4, -0.2) is 55.9 Å². The number of tetrazole rings is 1. The van der Waals surface area contributed by atoms with E-state index in [9.17, 15) is 14.7 Å². The molecule has 1 heterocycles. The van der Waals surface area contributed by atoms with Gasteiger partial charge in [0.2, 0.25) is 5.82 Å². The van der Waals surface area contributed by atoms with Crippen LogP contribution >= 0.6 is 0 Å². The number of nitrogens with zero attached hydrogens (tertiary/aromatic N) is 4. The van der Waals surface area contributed by atoms with Gasteiger partial charge in [-0.25, -0.2) is 4.79 Å². The first kappa shape index (κ1) is 22.1. The number of carbonyl (C=O) groups excluding carboxylic acids is 2. The first-order valence-corrected chi connectivity index (χ1v) is 9.83. The summed E-state index contributed by atoms with van der Waals surface area (Å²) in [5.41, 5.74) is 1.60. The molecule has 0 amide bonds. The van der Waals surface area contributed by atoms with E-state index in [1.165, 1.54) is 11.7 Å². The zero-order valence-electron chi connectivity index (χ0n) is 17.6. The lowest BCUT2D eigenvalue weighted by molar-refractivity contribution is 0.0378. The van der Waals surface area contributed by atoms with Crippen LogP contribution < -0.4 is 4.74 Å². The minimum absolute atomic E-state index is 0.0207. The maximum absolute atomic E-state index is 12.1. The lowest BCUT2D eigenvalue weighted by Gasteiger charge is -2.11. The molecule has 3 aromatic rings. The Bertz CT molecular complexity index is 1050. The molecule has 1 atom stereocenters. The van der Waals surface area contributed by atoms with Gasteiger partial charge in [-0.2, -0.15) is 4.80 Å². The maximum Gasteiger partial charge on any atom is 0.338 e. The number of hydrogen-bond donors (Lipinski definition) is 1. The lowest BCUT2D eigenvalue weighted by atomic mass is 10.1. The van der Waals surface area contributed by atoms with E-state index in [1.807, 2.05) is 0 Å². The highest BCUT2D eigenvalue weighted by Gasteiger charge is 2.14. The molecule has 3 rings (SSSR count).